The Morgan fingerprint density at radius 3 is 2.36 bits per heavy atom. The fourth-order valence-corrected chi connectivity index (χ4v) is 3.28. The Bertz CT molecular complexity index is 1010. The van der Waals surface area contributed by atoms with E-state index in [2.05, 4.69) is 4.98 Å². The third-order valence-electron chi connectivity index (χ3n) is 3.42. The lowest BCUT2D eigenvalue weighted by Gasteiger charge is -2.09. The minimum atomic E-state index is -4.43. The van der Waals surface area contributed by atoms with E-state index in [4.69, 9.17) is 0 Å². The number of hydrogen-bond acceptors (Lipinski definition) is 4. The Labute approximate surface area is 142 Å². The molecule has 0 aliphatic carbocycles. The molecule has 0 radical (unpaired) electrons. The Kier molecular flexibility index (Phi) is 4.25. The maximum Gasteiger partial charge on any atom is 0.416 e. The first-order valence-corrected chi connectivity index (χ1v) is 7.73. The van der Waals surface area contributed by atoms with Gasteiger partial charge in [-0.05, 0) is 24.3 Å². The van der Waals surface area contributed by atoms with Gasteiger partial charge in [0.2, 0.25) is 5.56 Å². The molecule has 0 fully saturated rings. The van der Waals surface area contributed by atoms with Crippen LogP contribution in [0, 0.1) is 10.1 Å². The number of para-hydroxylation sites is 1. The quantitative estimate of drug-likeness (QED) is 0.543. The van der Waals surface area contributed by atoms with Gasteiger partial charge in [0, 0.05) is 27.3 Å². The van der Waals surface area contributed by atoms with E-state index in [1.54, 1.807) is 6.07 Å². The summed E-state index contributed by atoms with van der Waals surface area (Å²) in [5, 5.41) is 11.5. The SMILES string of the molecule is O=c1cc(Sc2ccc(C(F)(F)F)cc2)c2cccc([N+](=O)[O-])c2[nH]1. The van der Waals surface area contributed by atoms with E-state index in [9.17, 15) is 28.1 Å². The van der Waals surface area contributed by atoms with Gasteiger partial charge in [-0.25, -0.2) is 0 Å². The minimum absolute atomic E-state index is 0.0782. The standard InChI is InChI=1S/C16H9F3N2O3S/c17-16(18,19)9-4-6-10(7-5-9)25-13-8-14(22)20-15-11(13)2-1-3-12(15)21(23)24/h1-8H,(H,20,22). The summed E-state index contributed by atoms with van der Waals surface area (Å²) in [4.78, 5) is 25.6. The van der Waals surface area contributed by atoms with Crippen LogP contribution in [0.4, 0.5) is 18.9 Å². The van der Waals surface area contributed by atoms with Gasteiger partial charge in [0.1, 0.15) is 5.52 Å². The molecule has 9 heteroatoms. The Hall–Kier alpha value is -2.81. The molecular formula is C16H9F3N2O3S. The van der Waals surface area contributed by atoms with Crippen LogP contribution in [-0.2, 0) is 6.18 Å². The number of halogens is 3. The molecule has 0 bridgehead atoms. The summed E-state index contributed by atoms with van der Waals surface area (Å²) < 4.78 is 37.8. The van der Waals surface area contributed by atoms with E-state index < -0.39 is 22.2 Å². The lowest BCUT2D eigenvalue weighted by molar-refractivity contribution is -0.383. The van der Waals surface area contributed by atoms with Crippen molar-refractivity contribution < 1.29 is 18.1 Å². The van der Waals surface area contributed by atoms with Gasteiger partial charge in [-0.15, -0.1) is 0 Å². The highest BCUT2D eigenvalue weighted by atomic mass is 32.2. The van der Waals surface area contributed by atoms with Crippen molar-refractivity contribution in [3.63, 3.8) is 0 Å². The van der Waals surface area contributed by atoms with Gasteiger partial charge in [-0.1, -0.05) is 23.9 Å². The maximum atomic E-state index is 12.6. The number of non-ortho nitro benzene ring substituents is 1. The van der Waals surface area contributed by atoms with Crippen molar-refractivity contribution in [3.05, 3.63) is 74.6 Å². The van der Waals surface area contributed by atoms with Gasteiger partial charge in [0.15, 0.2) is 0 Å². The Balaban J connectivity index is 2.06. The van der Waals surface area contributed by atoms with Crippen molar-refractivity contribution in [3.8, 4) is 0 Å². The van der Waals surface area contributed by atoms with Gasteiger partial charge in [0.25, 0.3) is 5.69 Å². The lowest BCUT2D eigenvalue weighted by Crippen LogP contribution is -2.06. The number of nitrogens with zero attached hydrogens (tertiary/aromatic N) is 1. The van der Waals surface area contributed by atoms with Crippen LogP contribution < -0.4 is 5.56 Å². The van der Waals surface area contributed by atoms with Crippen LogP contribution in [0.1, 0.15) is 5.56 Å². The van der Waals surface area contributed by atoms with E-state index in [0.29, 0.717) is 15.2 Å². The number of nitro groups is 1. The number of H-pyrrole nitrogens is 1. The average Bonchev–Trinajstić information content (AvgIpc) is 2.53. The molecule has 5 nitrogen and oxygen atoms in total. The van der Waals surface area contributed by atoms with Crippen LogP contribution in [0.15, 0.2) is 63.1 Å². The number of pyridine rings is 1. The molecule has 0 amide bonds. The Morgan fingerprint density at radius 2 is 1.76 bits per heavy atom. The number of hydrogen-bond donors (Lipinski definition) is 1. The monoisotopic (exact) mass is 366 g/mol. The van der Waals surface area contributed by atoms with E-state index >= 15 is 0 Å². The molecule has 0 spiro atoms. The molecule has 1 N–H and O–H groups in total. The van der Waals surface area contributed by atoms with Crippen LogP contribution in [0.5, 0.6) is 0 Å². The molecule has 0 saturated heterocycles. The molecule has 0 aliphatic heterocycles. The van der Waals surface area contributed by atoms with Gasteiger partial charge >= 0.3 is 6.18 Å². The predicted molar refractivity (Wildman–Crippen MR) is 86.8 cm³/mol. The van der Waals surface area contributed by atoms with Crippen molar-refractivity contribution in [1.29, 1.82) is 0 Å². The fraction of sp³-hybridized carbons (Fsp3) is 0.0625. The first kappa shape index (κ1) is 17.0. The van der Waals surface area contributed by atoms with E-state index in [-0.39, 0.29) is 11.2 Å². The highest BCUT2D eigenvalue weighted by Crippen LogP contribution is 2.36. The van der Waals surface area contributed by atoms with Crippen molar-refractivity contribution in [2.45, 2.75) is 16.0 Å². The molecule has 0 atom stereocenters. The second-order valence-electron chi connectivity index (χ2n) is 5.08. The predicted octanol–water partition coefficient (Wildman–Crippen LogP) is 4.61. The van der Waals surface area contributed by atoms with Crippen molar-refractivity contribution >= 4 is 28.4 Å². The van der Waals surface area contributed by atoms with Crippen LogP contribution >= 0.6 is 11.8 Å². The third kappa shape index (κ3) is 3.50. The molecule has 25 heavy (non-hydrogen) atoms. The average molecular weight is 366 g/mol. The second-order valence-corrected chi connectivity index (χ2v) is 6.19. The zero-order valence-corrected chi connectivity index (χ0v) is 13.1. The number of rotatable bonds is 3. The molecule has 3 rings (SSSR count). The van der Waals surface area contributed by atoms with Gasteiger partial charge in [0.05, 0.1) is 10.5 Å². The number of aromatic nitrogens is 1. The zero-order chi connectivity index (χ0) is 18.2. The van der Waals surface area contributed by atoms with Gasteiger partial charge in [-0.2, -0.15) is 13.2 Å². The first-order valence-electron chi connectivity index (χ1n) is 6.91. The summed E-state index contributed by atoms with van der Waals surface area (Å²) >= 11 is 1.06. The summed E-state index contributed by atoms with van der Waals surface area (Å²) in [7, 11) is 0. The Morgan fingerprint density at radius 1 is 1.08 bits per heavy atom. The highest BCUT2D eigenvalue weighted by Gasteiger charge is 2.30. The summed E-state index contributed by atoms with van der Waals surface area (Å²) in [6.07, 6.45) is -4.43. The van der Waals surface area contributed by atoms with E-state index in [0.717, 1.165) is 23.9 Å². The number of nitro benzene ring substituents is 1. The maximum absolute atomic E-state index is 12.6. The third-order valence-corrected chi connectivity index (χ3v) is 4.49. The van der Waals surface area contributed by atoms with Crippen LogP contribution in [0.3, 0.4) is 0 Å². The van der Waals surface area contributed by atoms with Gasteiger partial charge < -0.3 is 4.98 Å². The van der Waals surface area contributed by atoms with Gasteiger partial charge in [-0.3, -0.25) is 14.9 Å². The zero-order valence-electron chi connectivity index (χ0n) is 12.3. The van der Waals surface area contributed by atoms with E-state index in [1.165, 1.54) is 30.3 Å². The molecule has 0 aliphatic rings. The summed E-state index contributed by atoms with van der Waals surface area (Å²) in [5.74, 6) is 0. The van der Waals surface area contributed by atoms with Crippen molar-refractivity contribution in [1.82, 2.24) is 4.98 Å². The van der Waals surface area contributed by atoms with Crippen LogP contribution in [0.25, 0.3) is 10.9 Å². The smallest absolute Gasteiger partial charge is 0.316 e. The largest absolute Gasteiger partial charge is 0.416 e. The molecule has 3 aromatic rings. The number of nitrogens with one attached hydrogen (secondary N) is 1. The highest BCUT2D eigenvalue weighted by molar-refractivity contribution is 7.99. The fourth-order valence-electron chi connectivity index (χ4n) is 2.31. The van der Waals surface area contributed by atoms with Crippen LogP contribution in [0.2, 0.25) is 0 Å². The molecule has 1 heterocycles. The van der Waals surface area contributed by atoms with Crippen LogP contribution in [-0.4, -0.2) is 9.91 Å². The van der Waals surface area contributed by atoms with Crippen molar-refractivity contribution in [2.75, 3.05) is 0 Å². The topological polar surface area (TPSA) is 76.0 Å². The lowest BCUT2D eigenvalue weighted by atomic mass is 10.2. The van der Waals surface area contributed by atoms with E-state index in [1.807, 2.05) is 0 Å². The second kappa shape index (κ2) is 6.25. The normalized spacial score (nSPS) is 11.6. The number of alkyl halides is 3. The molecule has 1 aromatic heterocycles. The summed E-state index contributed by atoms with van der Waals surface area (Å²) in [6.45, 7) is 0. The molecule has 0 unspecified atom stereocenters. The number of fused-ring (bicyclic) bond motifs is 1. The number of aromatic amines is 1. The molecule has 2 aromatic carbocycles. The molecule has 128 valence electrons. The number of benzene rings is 2. The summed E-state index contributed by atoms with van der Waals surface area (Å²) in [6, 6.07) is 10.1. The first-order chi connectivity index (χ1) is 11.8. The van der Waals surface area contributed by atoms with Crippen molar-refractivity contribution in [2.24, 2.45) is 0 Å². The minimum Gasteiger partial charge on any atom is -0.316 e. The molecule has 0 saturated carbocycles. The molecular weight excluding hydrogens is 357 g/mol. The summed E-state index contributed by atoms with van der Waals surface area (Å²) in [5.41, 5.74) is -1.47.